The first-order valence-corrected chi connectivity index (χ1v) is 5.80. The lowest BCUT2D eigenvalue weighted by atomic mass is 10.0. The zero-order chi connectivity index (χ0) is 13.5. The van der Waals surface area contributed by atoms with Crippen LogP contribution >= 0.6 is 0 Å². The van der Waals surface area contributed by atoms with E-state index in [-0.39, 0.29) is 19.6 Å². The normalized spacial score (nSPS) is 14.0. The van der Waals surface area contributed by atoms with Crippen molar-refractivity contribution in [1.82, 2.24) is 0 Å². The van der Waals surface area contributed by atoms with Crippen LogP contribution in [0.5, 0.6) is 0 Å². The summed E-state index contributed by atoms with van der Waals surface area (Å²) in [7, 11) is 0. The van der Waals surface area contributed by atoms with Crippen LogP contribution in [0.15, 0.2) is 24.3 Å². The van der Waals surface area contributed by atoms with E-state index >= 15 is 0 Å². The second kappa shape index (κ2) is 7.10. The number of hydrogen-bond donors (Lipinski definition) is 3. The van der Waals surface area contributed by atoms with Crippen molar-refractivity contribution in [3.63, 3.8) is 0 Å². The molecular weight excluding hydrogens is 236 g/mol. The monoisotopic (exact) mass is 254 g/mol. The van der Waals surface area contributed by atoms with Gasteiger partial charge in [0.25, 0.3) is 0 Å². The van der Waals surface area contributed by atoms with Crippen LogP contribution in [0.2, 0.25) is 0 Å². The highest BCUT2D eigenvalue weighted by Crippen LogP contribution is 2.19. The van der Waals surface area contributed by atoms with Gasteiger partial charge >= 0.3 is 5.97 Å². The SMILES string of the molecule is CCOC(=O)CC(O)C(O)c1ccc(CO)cc1. The maximum atomic E-state index is 11.2. The highest BCUT2D eigenvalue weighted by atomic mass is 16.5. The molecule has 0 radical (unpaired) electrons. The van der Waals surface area contributed by atoms with Crippen molar-refractivity contribution >= 4 is 5.97 Å². The Bertz CT molecular complexity index is 373. The molecule has 5 nitrogen and oxygen atoms in total. The third-order valence-corrected chi connectivity index (χ3v) is 2.55. The summed E-state index contributed by atoms with van der Waals surface area (Å²) >= 11 is 0. The summed E-state index contributed by atoms with van der Waals surface area (Å²) in [6.07, 6.45) is -2.61. The van der Waals surface area contributed by atoms with Gasteiger partial charge in [0.15, 0.2) is 0 Å². The Morgan fingerprint density at radius 1 is 1.28 bits per heavy atom. The number of carbonyl (C=O) groups excluding carboxylic acids is 1. The fourth-order valence-corrected chi connectivity index (χ4v) is 1.54. The smallest absolute Gasteiger partial charge is 0.308 e. The van der Waals surface area contributed by atoms with Gasteiger partial charge in [0.1, 0.15) is 6.10 Å². The molecule has 100 valence electrons. The van der Waals surface area contributed by atoms with Gasteiger partial charge in [-0.3, -0.25) is 4.79 Å². The summed E-state index contributed by atoms with van der Waals surface area (Å²) in [5.74, 6) is -0.545. The van der Waals surface area contributed by atoms with Crippen molar-refractivity contribution in [1.29, 1.82) is 0 Å². The average molecular weight is 254 g/mol. The second-order valence-electron chi connectivity index (χ2n) is 3.92. The molecule has 0 aliphatic carbocycles. The Morgan fingerprint density at radius 3 is 2.39 bits per heavy atom. The first-order chi connectivity index (χ1) is 8.58. The summed E-state index contributed by atoms with van der Waals surface area (Å²) in [6.45, 7) is 1.84. The van der Waals surface area contributed by atoms with Gasteiger partial charge in [-0.2, -0.15) is 0 Å². The molecular formula is C13H18O5. The summed E-state index contributed by atoms with van der Waals surface area (Å²) in [4.78, 5) is 11.2. The van der Waals surface area contributed by atoms with Crippen molar-refractivity contribution < 1.29 is 24.9 Å². The molecule has 0 amide bonds. The summed E-state index contributed by atoms with van der Waals surface area (Å²) in [6, 6.07) is 6.50. The molecule has 0 bridgehead atoms. The van der Waals surface area contributed by atoms with Gasteiger partial charge in [-0.05, 0) is 18.1 Å². The molecule has 2 atom stereocenters. The molecule has 0 aliphatic heterocycles. The molecule has 1 aromatic carbocycles. The van der Waals surface area contributed by atoms with E-state index in [1.807, 2.05) is 0 Å². The van der Waals surface area contributed by atoms with Crippen LogP contribution in [0.25, 0.3) is 0 Å². The lowest BCUT2D eigenvalue weighted by molar-refractivity contribution is -0.147. The molecule has 0 aliphatic rings. The van der Waals surface area contributed by atoms with E-state index in [0.717, 1.165) is 0 Å². The Balaban J connectivity index is 2.61. The minimum absolute atomic E-state index is 0.0816. The van der Waals surface area contributed by atoms with E-state index in [1.54, 1.807) is 31.2 Å². The van der Waals surface area contributed by atoms with E-state index in [4.69, 9.17) is 9.84 Å². The molecule has 0 aromatic heterocycles. The van der Waals surface area contributed by atoms with E-state index in [9.17, 15) is 15.0 Å². The number of benzene rings is 1. The number of carbonyl (C=O) groups is 1. The average Bonchev–Trinajstić information content (AvgIpc) is 2.38. The van der Waals surface area contributed by atoms with Crippen LogP contribution in [-0.4, -0.2) is 34.0 Å². The molecule has 0 spiro atoms. The highest BCUT2D eigenvalue weighted by Gasteiger charge is 2.21. The van der Waals surface area contributed by atoms with Gasteiger partial charge in [-0.1, -0.05) is 24.3 Å². The van der Waals surface area contributed by atoms with Gasteiger partial charge < -0.3 is 20.1 Å². The second-order valence-corrected chi connectivity index (χ2v) is 3.92. The Morgan fingerprint density at radius 2 is 1.89 bits per heavy atom. The predicted molar refractivity (Wildman–Crippen MR) is 64.6 cm³/mol. The molecule has 0 fully saturated rings. The zero-order valence-corrected chi connectivity index (χ0v) is 10.2. The Labute approximate surface area is 106 Å². The maximum Gasteiger partial charge on any atom is 0.308 e. The quantitative estimate of drug-likeness (QED) is 0.644. The van der Waals surface area contributed by atoms with Crippen LogP contribution in [0.3, 0.4) is 0 Å². The summed E-state index contributed by atoms with van der Waals surface area (Å²) in [5.41, 5.74) is 1.20. The van der Waals surface area contributed by atoms with E-state index in [0.29, 0.717) is 11.1 Å². The van der Waals surface area contributed by atoms with Crippen LogP contribution in [-0.2, 0) is 16.1 Å². The molecule has 18 heavy (non-hydrogen) atoms. The minimum atomic E-state index is -1.20. The van der Waals surface area contributed by atoms with Crippen molar-refractivity contribution in [2.45, 2.75) is 32.2 Å². The third-order valence-electron chi connectivity index (χ3n) is 2.55. The molecule has 2 unspecified atom stereocenters. The van der Waals surface area contributed by atoms with Crippen LogP contribution in [0, 0.1) is 0 Å². The van der Waals surface area contributed by atoms with Crippen molar-refractivity contribution in [2.75, 3.05) is 6.61 Å². The fraction of sp³-hybridized carbons (Fsp3) is 0.462. The van der Waals surface area contributed by atoms with Gasteiger partial charge in [0.2, 0.25) is 0 Å². The van der Waals surface area contributed by atoms with Crippen LogP contribution < -0.4 is 0 Å². The zero-order valence-electron chi connectivity index (χ0n) is 10.2. The lowest BCUT2D eigenvalue weighted by Crippen LogP contribution is -2.23. The number of hydrogen-bond acceptors (Lipinski definition) is 5. The number of esters is 1. The van der Waals surface area contributed by atoms with E-state index in [2.05, 4.69) is 0 Å². The summed E-state index contributed by atoms with van der Waals surface area (Å²) < 4.78 is 4.69. The topological polar surface area (TPSA) is 87.0 Å². The number of ether oxygens (including phenoxy) is 1. The van der Waals surface area contributed by atoms with Crippen molar-refractivity contribution in [2.24, 2.45) is 0 Å². The summed E-state index contributed by atoms with van der Waals surface area (Å²) in [5, 5.41) is 28.4. The highest BCUT2D eigenvalue weighted by molar-refractivity contribution is 5.70. The first-order valence-electron chi connectivity index (χ1n) is 5.80. The molecule has 5 heteroatoms. The maximum absolute atomic E-state index is 11.2. The fourth-order valence-electron chi connectivity index (χ4n) is 1.54. The molecule has 3 N–H and O–H groups in total. The van der Waals surface area contributed by atoms with E-state index in [1.165, 1.54) is 0 Å². The Kier molecular flexibility index (Phi) is 5.77. The standard InChI is InChI=1S/C13H18O5/c1-2-18-12(16)7-11(15)13(17)10-5-3-9(8-14)4-6-10/h3-6,11,13-15,17H,2,7-8H2,1H3. The van der Waals surface area contributed by atoms with Crippen molar-refractivity contribution in [3.8, 4) is 0 Å². The number of rotatable bonds is 6. The van der Waals surface area contributed by atoms with Crippen molar-refractivity contribution in [3.05, 3.63) is 35.4 Å². The van der Waals surface area contributed by atoms with Crippen LogP contribution in [0.1, 0.15) is 30.6 Å². The minimum Gasteiger partial charge on any atom is -0.466 e. The largest absolute Gasteiger partial charge is 0.466 e. The molecule has 0 saturated heterocycles. The van der Waals surface area contributed by atoms with Gasteiger partial charge in [0, 0.05) is 0 Å². The molecule has 1 rings (SSSR count). The third kappa shape index (κ3) is 4.10. The number of aliphatic hydroxyl groups excluding tert-OH is 3. The molecule has 0 heterocycles. The first kappa shape index (κ1) is 14.6. The molecule has 1 aromatic rings. The van der Waals surface area contributed by atoms with Crippen LogP contribution in [0.4, 0.5) is 0 Å². The van der Waals surface area contributed by atoms with Gasteiger partial charge in [-0.25, -0.2) is 0 Å². The molecule has 0 saturated carbocycles. The van der Waals surface area contributed by atoms with E-state index < -0.39 is 18.2 Å². The van der Waals surface area contributed by atoms with Gasteiger partial charge in [-0.15, -0.1) is 0 Å². The number of aliphatic hydroxyl groups is 3. The van der Waals surface area contributed by atoms with Gasteiger partial charge in [0.05, 0.1) is 25.7 Å². The predicted octanol–water partition coefficient (Wildman–Crippen LogP) is 0.526. The lowest BCUT2D eigenvalue weighted by Gasteiger charge is -2.17. The Hall–Kier alpha value is -1.43.